The molecule has 0 aliphatic heterocycles. The molecule has 0 radical (unpaired) electrons. The quantitative estimate of drug-likeness (QED) is 0.300. The Hall–Kier alpha value is -4.56. The predicted octanol–water partition coefficient (Wildman–Crippen LogP) is 6.25. The molecule has 2 N–H and O–H groups in total. The Morgan fingerprint density at radius 3 is 2.46 bits per heavy atom. The zero-order valence-electron chi connectivity index (χ0n) is 19.5. The Balaban J connectivity index is 1.65. The van der Waals surface area contributed by atoms with Gasteiger partial charge < -0.3 is 10.2 Å². The molecule has 6 rings (SSSR count). The summed E-state index contributed by atoms with van der Waals surface area (Å²) in [4.78, 5) is 21.6. The smallest absolute Gasteiger partial charge is 0.343 e. The lowest BCUT2D eigenvalue weighted by Crippen LogP contribution is -2.14. The first-order valence-electron chi connectivity index (χ1n) is 11.5. The minimum Gasteiger partial charge on any atom is -0.424 e. The van der Waals surface area contributed by atoms with Crippen LogP contribution in [0.5, 0.6) is 0 Å². The van der Waals surface area contributed by atoms with E-state index in [1.54, 1.807) is 22.9 Å². The summed E-state index contributed by atoms with van der Waals surface area (Å²) in [6.45, 7) is 1.85. The van der Waals surface area contributed by atoms with Crippen LogP contribution in [-0.2, 0) is 0 Å². The lowest BCUT2D eigenvalue weighted by molar-refractivity contribution is 0.405. The second-order valence-corrected chi connectivity index (χ2v) is 9.06. The standard InChI is InChI=1S/C28H19ClFN5O2/c1-15(25-22(16-7-3-2-4-8-16)20-9-5-6-10-21(20)28(36)37-25)35-27-23(26(31)32-14-33-27)24(34-35)17-11-18(29)13-19(30)12-17/h2-15H,1H3,(H2,31,32,33). The zero-order valence-corrected chi connectivity index (χ0v) is 20.3. The summed E-state index contributed by atoms with van der Waals surface area (Å²) in [7, 11) is 0. The van der Waals surface area contributed by atoms with Crippen LogP contribution in [0.2, 0.25) is 5.02 Å². The van der Waals surface area contributed by atoms with E-state index in [4.69, 9.17) is 26.9 Å². The topological polar surface area (TPSA) is 99.8 Å². The van der Waals surface area contributed by atoms with Crippen LogP contribution in [0.3, 0.4) is 0 Å². The van der Waals surface area contributed by atoms with Crippen LogP contribution in [0, 0.1) is 5.82 Å². The van der Waals surface area contributed by atoms with Crippen LogP contribution < -0.4 is 11.4 Å². The van der Waals surface area contributed by atoms with E-state index in [2.05, 4.69) is 9.97 Å². The van der Waals surface area contributed by atoms with Crippen molar-refractivity contribution in [1.82, 2.24) is 19.7 Å². The number of halogens is 2. The third-order valence-electron chi connectivity index (χ3n) is 6.33. The maximum absolute atomic E-state index is 14.2. The number of benzene rings is 3. The lowest BCUT2D eigenvalue weighted by Gasteiger charge is -2.18. The van der Waals surface area contributed by atoms with Crippen molar-refractivity contribution < 1.29 is 8.81 Å². The van der Waals surface area contributed by atoms with Crippen molar-refractivity contribution in [3.8, 4) is 22.4 Å². The molecule has 0 aliphatic carbocycles. The zero-order chi connectivity index (χ0) is 25.7. The van der Waals surface area contributed by atoms with Gasteiger partial charge in [-0.05, 0) is 36.8 Å². The molecule has 37 heavy (non-hydrogen) atoms. The largest absolute Gasteiger partial charge is 0.424 e. The molecule has 3 aromatic carbocycles. The Morgan fingerprint density at radius 2 is 1.70 bits per heavy atom. The number of hydrogen-bond donors (Lipinski definition) is 1. The second kappa shape index (κ2) is 8.83. The molecule has 9 heteroatoms. The number of nitrogens with two attached hydrogens (primary N) is 1. The fraction of sp³-hybridized carbons (Fsp3) is 0.0714. The monoisotopic (exact) mass is 511 g/mol. The molecule has 0 saturated heterocycles. The van der Waals surface area contributed by atoms with Crippen LogP contribution in [0.4, 0.5) is 10.2 Å². The van der Waals surface area contributed by atoms with Crippen LogP contribution in [0.1, 0.15) is 18.7 Å². The van der Waals surface area contributed by atoms with Crippen LogP contribution in [0.25, 0.3) is 44.2 Å². The first kappa shape index (κ1) is 22.9. The average molecular weight is 512 g/mol. The first-order chi connectivity index (χ1) is 17.9. The second-order valence-electron chi connectivity index (χ2n) is 8.63. The predicted molar refractivity (Wildman–Crippen MR) is 142 cm³/mol. The van der Waals surface area contributed by atoms with Crippen molar-refractivity contribution in [2.24, 2.45) is 0 Å². The van der Waals surface area contributed by atoms with Crippen LogP contribution in [-0.4, -0.2) is 19.7 Å². The lowest BCUT2D eigenvalue weighted by atomic mass is 9.96. The van der Waals surface area contributed by atoms with Gasteiger partial charge in [0.1, 0.15) is 35.5 Å². The molecule has 0 spiro atoms. The third kappa shape index (κ3) is 3.82. The molecule has 182 valence electrons. The Labute approximate surface area is 215 Å². The molecule has 1 atom stereocenters. The van der Waals surface area contributed by atoms with Gasteiger partial charge in [-0.3, -0.25) is 0 Å². The molecule has 6 aromatic rings. The van der Waals surface area contributed by atoms with Gasteiger partial charge in [0.05, 0.1) is 10.8 Å². The average Bonchev–Trinajstić information content (AvgIpc) is 3.29. The fourth-order valence-electron chi connectivity index (χ4n) is 4.68. The summed E-state index contributed by atoms with van der Waals surface area (Å²) in [5.74, 6) is 0.0722. The van der Waals surface area contributed by atoms with Gasteiger partial charge in [-0.2, -0.15) is 5.10 Å². The number of hydrogen-bond acceptors (Lipinski definition) is 6. The van der Waals surface area contributed by atoms with Crippen molar-refractivity contribution >= 4 is 39.2 Å². The summed E-state index contributed by atoms with van der Waals surface area (Å²) in [6.07, 6.45) is 1.33. The number of anilines is 1. The van der Waals surface area contributed by atoms with Gasteiger partial charge in [-0.1, -0.05) is 60.1 Å². The van der Waals surface area contributed by atoms with E-state index in [0.717, 1.165) is 16.5 Å². The van der Waals surface area contributed by atoms with E-state index in [1.807, 2.05) is 49.4 Å². The maximum atomic E-state index is 14.2. The summed E-state index contributed by atoms with van der Waals surface area (Å²) >= 11 is 6.13. The van der Waals surface area contributed by atoms with Gasteiger partial charge in [-0.15, -0.1) is 0 Å². The number of aromatic nitrogens is 4. The fourth-order valence-corrected chi connectivity index (χ4v) is 4.91. The highest BCUT2D eigenvalue weighted by Gasteiger charge is 2.26. The molecule has 0 amide bonds. The molecular weight excluding hydrogens is 493 g/mol. The Kier molecular flexibility index (Phi) is 5.46. The van der Waals surface area contributed by atoms with Gasteiger partial charge in [0.2, 0.25) is 0 Å². The summed E-state index contributed by atoms with van der Waals surface area (Å²) < 4.78 is 21.8. The summed E-state index contributed by atoms with van der Waals surface area (Å²) in [5.41, 5.74) is 8.62. The highest BCUT2D eigenvalue weighted by Crippen LogP contribution is 2.38. The summed E-state index contributed by atoms with van der Waals surface area (Å²) in [5, 5.41) is 6.67. The number of fused-ring (bicyclic) bond motifs is 2. The van der Waals surface area contributed by atoms with Gasteiger partial charge in [0, 0.05) is 21.5 Å². The van der Waals surface area contributed by atoms with Crippen LogP contribution >= 0.6 is 11.6 Å². The number of rotatable bonds is 4. The normalized spacial score (nSPS) is 12.3. The number of nitrogen functional groups attached to an aromatic ring is 1. The van der Waals surface area contributed by atoms with Gasteiger partial charge in [0.25, 0.3) is 0 Å². The van der Waals surface area contributed by atoms with E-state index in [0.29, 0.717) is 33.4 Å². The SMILES string of the molecule is CC(c1oc(=O)c2ccccc2c1-c1ccccc1)n1nc(-c2cc(F)cc(Cl)c2)c2c(N)ncnc21. The highest BCUT2D eigenvalue weighted by atomic mass is 35.5. The van der Waals surface area contributed by atoms with Crippen molar-refractivity contribution in [2.45, 2.75) is 13.0 Å². The molecule has 3 aromatic heterocycles. The molecule has 0 fully saturated rings. The van der Waals surface area contributed by atoms with E-state index in [9.17, 15) is 9.18 Å². The van der Waals surface area contributed by atoms with Gasteiger partial charge in [-0.25, -0.2) is 23.8 Å². The molecule has 3 heterocycles. The van der Waals surface area contributed by atoms with Crippen LogP contribution in [0.15, 0.2) is 88.3 Å². The molecule has 7 nitrogen and oxygen atoms in total. The van der Waals surface area contributed by atoms with Crippen molar-refractivity contribution in [3.05, 3.63) is 106 Å². The third-order valence-corrected chi connectivity index (χ3v) is 6.55. The molecular formula is C28H19ClFN5O2. The minimum absolute atomic E-state index is 0.182. The van der Waals surface area contributed by atoms with E-state index < -0.39 is 17.5 Å². The van der Waals surface area contributed by atoms with Crippen molar-refractivity contribution in [3.63, 3.8) is 0 Å². The first-order valence-corrected chi connectivity index (χ1v) is 11.9. The molecule has 0 bridgehead atoms. The Bertz CT molecular complexity index is 1850. The van der Waals surface area contributed by atoms with E-state index in [1.165, 1.54) is 18.5 Å². The molecule has 1 unspecified atom stereocenters. The van der Waals surface area contributed by atoms with Gasteiger partial charge >= 0.3 is 5.63 Å². The van der Waals surface area contributed by atoms with E-state index >= 15 is 0 Å². The molecule has 0 saturated carbocycles. The Morgan fingerprint density at radius 1 is 0.973 bits per heavy atom. The van der Waals surface area contributed by atoms with Crippen molar-refractivity contribution in [1.29, 1.82) is 0 Å². The highest BCUT2D eigenvalue weighted by molar-refractivity contribution is 6.31. The molecule has 0 aliphatic rings. The minimum atomic E-state index is -0.595. The van der Waals surface area contributed by atoms with E-state index in [-0.39, 0.29) is 10.8 Å². The van der Waals surface area contributed by atoms with Gasteiger partial charge in [0.15, 0.2) is 5.65 Å². The summed E-state index contributed by atoms with van der Waals surface area (Å²) in [6, 6.07) is 20.5. The number of nitrogens with zero attached hydrogens (tertiary/aromatic N) is 4. The van der Waals surface area contributed by atoms with Crippen molar-refractivity contribution in [2.75, 3.05) is 5.73 Å². The maximum Gasteiger partial charge on any atom is 0.343 e.